The maximum atomic E-state index is 10.6. The van der Waals surface area contributed by atoms with Gasteiger partial charge in [0.05, 0.1) is 0 Å². The first-order valence-corrected chi connectivity index (χ1v) is 5.75. The van der Waals surface area contributed by atoms with Crippen molar-refractivity contribution in [2.45, 2.75) is 32.2 Å². The normalized spacial score (nSPS) is 19.3. The van der Waals surface area contributed by atoms with E-state index in [1.54, 1.807) is 0 Å². The Morgan fingerprint density at radius 3 is 2.81 bits per heavy atom. The summed E-state index contributed by atoms with van der Waals surface area (Å²) >= 11 is 0. The first-order valence-electron chi connectivity index (χ1n) is 5.75. The zero-order chi connectivity index (χ0) is 11.5. The first-order chi connectivity index (χ1) is 7.68. The van der Waals surface area contributed by atoms with Gasteiger partial charge >= 0.3 is 5.97 Å². The smallest absolute Gasteiger partial charge is 0.303 e. The molecule has 2 rings (SSSR count). The van der Waals surface area contributed by atoms with E-state index in [1.165, 1.54) is 12.1 Å². The van der Waals surface area contributed by atoms with Crippen LogP contribution >= 0.6 is 0 Å². The van der Waals surface area contributed by atoms with Crippen LogP contribution in [-0.4, -0.2) is 23.7 Å². The highest BCUT2D eigenvalue weighted by Crippen LogP contribution is 2.29. The zero-order valence-electron chi connectivity index (χ0n) is 9.52. The molecule has 1 N–H and O–H groups in total. The summed E-state index contributed by atoms with van der Waals surface area (Å²) in [7, 11) is 0. The molecular weight excluding hydrogens is 202 g/mol. The van der Waals surface area contributed by atoms with Crippen molar-refractivity contribution in [3.63, 3.8) is 0 Å². The summed E-state index contributed by atoms with van der Waals surface area (Å²) < 4.78 is 0. The molecule has 1 aromatic rings. The second-order valence-corrected chi connectivity index (χ2v) is 4.35. The second kappa shape index (κ2) is 4.56. The van der Waals surface area contributed by atoms with E-state index in [9.17, 15) is 4.79 Å². The summed E-state index contributed by atoms with van der Waals surface area (Å²) in [6, 6.07) is 8.71. The van der Waals surface area contributed by atoms with Gasteiger partial charge < -0.3 is 10.0 Å². The highest BCUT2D eigenvalue weighted by atomic mass is 16.4. The standard InChI is InChI=1S/C13H17NO2/c1-10-8-9-14(10)12-5-3-2-4-11(12)6-7-13(15)16/h2-5,10H,6-9H2,1H3,(H,15,16). The van der Waals surface area contributed by atoms with Crippen LogP contribution in [0.3, 0.4) is 0 Å². The third-order valence-corrected chi connectivity index (χ3v) is 3.23. The van der Waals surface area contributed by atoms with Crippen LogP contribution in [0.15, 0.2) is 24.3 Å². The Kier molecular flexibility index (Phi) is 3.13. The van der Waals surface area contributed by atoms with Gasteiger partial charge in [-0.05, 0) is 31.4 Å². The number of anilines is 1. The van der Waals surface area contributed by atoms with Crippen molar-refractivity contribution >= 4 is 11.7 Å². The van der Waals surface area contributed by atoms with Gasteiger partial charge in [0.15, 0.2) is 0 Å². The number of aliphatic carboxylic acids is 1. The van der Waals surface area contributed by atoms with Gasteiger partial charge in [-0.15, -0.1) is 0 Å². The Hall–Kier alpha value is -1.51. The fourth-order valence-corrected chi connectivity index (χ4v) is 2.12. The molecule has 1 fully saturated rings. The number of hydrogen-bond acceptors (Lipinski definition) is 2. The van der Waals surface area contributed by atoms with E-state index in [1.807, 2.05) is 18.2 Å². The molecule has 1 unspecified atom stereocenters. The lowest BCUT2D eigenvalue weighted by Crippen LogP contribution is -2.46. The molecule has 0 spiro atoms. The van der Waals surface area contributed by atoms with Gasteiger partial charge in [-0.25, -0.2) is 0 Å². The van der Waals surface area contributed by atoms with Crippen LogP contribution in [-0.2, 0) is 11.2 Å². The third kappa shape index (κ3) is 2.18. The second-order valence-electron chi connectivity index (χ2n) is 4.35. The van der Waals surface area contributed by atoms with Crippen molar-refractivity contribution in [1.82, 2.24) is 0 Å². The molecule has 86 valence electrons. The number of nitrogens with zero attached hydrogens (tertiary/aromatic N) is 1. The molecule has 16 heavy (non-hydrogen) atoms. The quantitative estimate of drug-likeness (QED) is 0.844. The van der Waals surface area contributed by atoms with Gasteiger partial charge in [0, 0.05) is 24.7 Å². The molecular formula is C13H17NO2. The average Bonchev–Trinajstić information content (AvgIpc) is 2.26. The summed E-state index contributed by atoms with van der Waals surface area (Å²) in [6.07, 6.45) is 2.06. The van der Waals surface area contributed by atoms with E-state index < -0.39 is 5.97 Å². The molecule has 1 heterocycles. The number of benzene rings is 1. The van der Waals surface area contributed by atoms with Crippen molar-refractivity contribution in [3.05, 3.63) is 29.8 Å². The minimum Gasteiger partial charge on any atom is -0.481 e. The van der Waals surface area contributed by atoms with E-state index in [2.05, 4.69) is 17.9 Å². The highest BCUT2D eigenvalue weighted by molar-refractivity contribution is 5.68. The van der Waals surface area contributed by atoms with E-state index >= 15 is 0 Å². The third-order valence-electron chi connectivity index (χ3n) is 3.23. The predicted molar refractivity (Wildman–Crippen MR) is 63.8 cm³/mol. The van der Waals surface area contributed by atoms with Gasteiger partial charge in [-0.3, -0.25) is 4.79 Å². The van der Waals surface area contributed by atoms with Crippen LogP contribution in [0.25, 0.3) is 0 Å². The van der Waals surface area contributed by atoms with E-state index in [0.29, 0.717) is 12.5 Å². The van der Waals surface area contributed by atoms with Crippen molar-refractivity contribution < 1.29 is 9.90 Å². The number of hydrogen-bond donors (Lipinski definition) is 1. The molecule has 0 bridgehead atoms. The van der Waals surface area contributed by atoms with E-state index in [0.717, 1.165) is 12.1 Å². The minimum absolute atomic E-state index is 0.208. The van der Waals surface area contributed by atoms with Crippen LogP contribution in [0, 0.1) is 0 Å². The fourth-order valence-electron chi connectivity index (χ4n) is 2.12. The number of carbonyl (C=O) groups is 1. The molecule has 1 atom stereocenters. The molecule has 1 aliphatic rings. The van der Waals surface area contributed by atoms with Crippen LogP contribution in [0.4, 0.5) is 5.69 Å². The average molecular weight is 219 g/mol. The Bertz CT molecular complexity index is 389. The minimum atomic E-state index is -0.730. The van der Waals surface area contributed by atoms with E-state index in [-0.39, 0.29) is 6.42 Å². The zero-order valence-corrected chi connectivity index (χ0v) is 9.52. The lowest BCUT2D eigenvalue weighted by atomic mass is 9.99. The van der Waals surface area contributed by atoms with Crippen LogP contribution in [0.5, 0.6) is 0 Å². The molecule has 0 aromatic heterocycles. The van der Waals surface area contributed by atoms with Gasteiger partial charge in [0.2, 0.25) is 0 Å². The van der Waals surface area contributed by atoms with Crippen molar-refractivity contribution in [2.24, 2.45) is 0 Å². The lowest BCUT2D eigenvalue weighted by molar-refractivity contribution is -0.136. The SMILES string of the molecule is CC1CCN1c1ccccc1CCC(=O)O. The summed E-state index contributed by atoms with van der Waals surface area (Å²) in [4.78, 5) is 12.9. The molecule has 0 saturated carbocycles. The van der Waals surface area contributed by atoms with Gasteiger partial charge in [0.25, 0.3) is 0 Å². The number of aryl methyl sites for hydroxylation is 1. The number of para-hydroxylation sites is 1. The maximum Gasteiger partial charge on any atom is 0.303 e. The molecule has 1 aliphatic heterocycles. The van der Waals surface area contributed by atoms with Gasteiger partial charge in [-0.1, -0.05) is 18.2 Å². The molecule has 1 saturated heterocycles. The van der Waals surface area contributed by atoms with Crippen LogP contribution in [0.1, 0.15) is 25.3 Å². The van der Waals surface area contributed by atoms with E-state index in [4.69, 9.17) is 5.11 Å². The molecule has 0 radical (unpaired) electrons. The van der Waals surface area contributed by atoms with Crippen LogP contribution < -0.4 is 4.90 Å². The summed E-state index contributed by atoms with van der Waals surface area (Å²) in [5.41, 5.74) is 2.36. The largest absolute Gasteiger partial charge is 0.481 e. The summed E-state index contributed by atoms with van der Waals surface area (Å²) in [5, 5.41) is 8.71. The monoisotopic (exact) mass is 219 g/mol. The Balaban J connectivity index is 2.13. The lowest BCUT2D eigenvalue weighted by Gasteiger charge is -2.42. The van der Waals surface area contributed by atoms with Gasteiger partial charge in [0.1, 0.15) is 0 Å². The number of carboxylic acids is 1. The number of rotatable bonds is 4. The first kappa shape index (κ1) is 11.0. The van der Waals surface area contributed by atoms with Crippen LogP contribution in [0.2, 0.25) is 0 Å². The summed E-state index contributed by atoms with van der Waals surface area (Å²) in [5.74, 6) is -0.730. The van der Waals surface area contributed by atoms with Gasteiger partial charge in [-0.2, -0.15) is 0 Å². The fraction of sp³-hybridized carbons (Fsp3) is 0.462. The Labute approximate surface area is 95.7 Å². The maximum absolute atomic E-state index is 10.6. The molecule has 3 heteroatoms. The molecule has 3 nitrogen and oxygen atoms in total. The summed E-state index contributed by atoms with van der Waals surface area (Å²) in [6.45, 7) is 3.29. The molecule has 0 amide bonds. The van der Waals surface area contributed by atoms with Crippen molar-refractivity contribution in [3.8, 4) is 0 Å². The highest BCUT2D eigenvalue weighted by Gasteiger charge is 2.25. The molecule has 1 aromatic carbocycles. The predicted octanol–water partition coefficient (Wildman–Crippen LogP) is 2.30. The molecule has 0 aliphatic carbocycles. The number of carboxylic acid groups (broad SMARTS) is 1. The van der Waals surface area contributed by atoms with Crippen molar-refractivity contribution in [2.75, 3.05) is 11.4 Å². The van der Waals surface area contributed by atoms with Crippen molar-refractivity contribution in [1.29, 1.82) is 0 Å². The topological polar surface area (TPSA) is 40.5 Å². The Morgan fingerprint density at radius 2 is 2.25 bits per heavy atom. The Morgan fingerprint density at radius 1 is 1.50 bits per heavy atom.